The van der Waals surface area contributed by atoms with Crippen molar-refractivity contribution >= 4 is 11.9 Å². The normalized spacial score (nSPS) is 7.08. The van der Waals surface area contributed by atoms with E-state index >= 15 is 0 Å². The molecule has 0 saturated carbocycles. The second-order valence-electron chi connectivity index (χ2n) is 1.66. The summed E-state index contributed by atoms with van der Waals surface area (Å²) in [7, 11) is 1.26. The van der Waals surface area contributed by atoms with E-state index in [4.69, 9.17) is 15.5 Å². The minimum atomic E-state index is -1.12. The van der Waals surface area contributed by atoms with Gasteiger partial charge < -0.3 is 14.9 Å². The van der Waals surface area contributed by atoms with Gasteiger partial charge in [0.25, 0.3) is 0 Å². The molecule has 72 valence electrons. The topological polar surface area (TPSA) is 108 Å². The highest BCUT2D eigenvalue weighted by Gasteiger charge is 1.98. The van der Waals surface area contributed by atoms with Gasteiger partial charge in [0.2, 0.25) is 0 Å². The number of ether oxygens (including phenoxy) is 1. The molecule has 0 amide bonds. The molecule has 13 heavy (non-hydrogen) atoms. The van der Waals surface area contributed by atoms with Crippen LogP contribution in [0.2, 0.25) is 0 Å². The maximum Gasteiger partial charge on any atom is 0.370 e. The molecular weight excluding hydrogens is 178 g/mol. The Kier molecular flexibility index (Phi) is 8.41. The molecule has 0 atom stereocenters. The van der Waals surface area contributed by atoms with E-state index in [1.807, 2.05) is 0 Å². The van der Waals surface area contributed by atoms with Crippen molar-refractivity contribution in [1.29, 1.82) is 5.26 Å². The predicted molar refractivity (Wildman–Crippen MR) is 41.7 cm³/mol. The Morgan fingerprint density at radius 2 is 2.00 bits per heavy atom. The van der Waals surface area contributed by atoms with Crippen LogP contribution in [0.25, 0.3) is 0 Å². The van der Waals surface area contributed by atoms with E-state index in [1.54, 1.807) is 0 Å². The number of carboxylic acids is 2. The molecule has 0 rings (SSSR count). The summed E-state index contributed by atoms with van der Waals surface area (Å²) in [6, 6.07) is 1.47. The van der Waals surface area contributed by atoms with Gasteiger partial charge in [-0.1, -0.05) is 0 Å². The van der Waals surface area contributed by atoms with Gasteiger partial charge in [-0.3, -0.25) is 4.79 Å². The Bertz CT molecular complexity index is 240. The van der Waals surface area contributed by atoms with Crippen molar-refractivity contribution in [1.82, 2.24) is 0 Å². The van der Waals surface area contributed by atoms with E-state index in [0.717, 1.165) is 0 Å². The molecule has 6 heteroatoms. The third kappa shape index (κ3) is 13.0. The van der Waals surface area contributed by atoms with Gasteiger partial charge in [0.1, 0.15) is 6.42 Å². The van der Waals surface area contributed by atoms with Crippen LogP contribution in [0.3, 0.4) is 0 Å². The number of nitriles is 1. The molecule has 0 saturated heterocycles. The van der Waals surface area contributed by atoms with Gasteiger partial charge in [0.05, 0.1) is 13.2 Å². The lowest BCUT2D eigenvalue weighted by molar-refractivity contribution is -0.136. The molecule has 0 unspecified atom stereocenters. The largest absolute Gasteiger partial charge is 0.490 e. The highest BCUT2D eigenvalue weighted by molar-refractivity contribution is 5.83. The van der Waals surface area contributed by atoms with E-state index in [0.29, 0.717) is 0 Å². The summed E-state index contributed by atoms with van der Waals surface area (Å²) < 4.78 is 4.22. The Balaban J connectivity index is 0. The molecule has 0 aliphatic heterocycles. The lowest BCUT2D eigenvalue weighted by Gasteiger charge is -1.92. The number of carboxylic acid groups (broad SMARTS) is 2. The van der Waals surface area contributed by atoms with Gasteiger partial charge in [-0.05, 0) is 6.58 Å². The predicted octanol–water partition coefficient (Wildman–Crippen LogP) is 0.216. The summed E-state index contributed by atoms with van der Waals surface area (Å²) in [5, 5.41) is 23.3. The number of methoxy groups -OCH3 is 1. The fraction of sp³-hybridized carbons (Fsp3) is 0.286. The van der Waals surface area contributed by atoms with Crippen molar-refractivity contribution in [3.05, 3.63) is 12.3 Å². The van der Waals surface area contributed by atoms with Crippen LogP contribution in [0.1, 0.15) is 6.42 Å². The van der Waals surface area contributed by atoms with Gasteiger partial charge >= 0.3 is 11.9 Å². The third-order valence-electron chi connectivity index (χ3n) is 0.715. The van der Waals surface area contributed by atoms with Crippen molar-refractivity contribution in [2.75, 3.05) is 7.11 Å². The average Bonchev–Trinajstić information content (AvgIpc) is 2.03. The van der Waals surface area contributed by atoms with Crippen LogP contribution in [0.4, 0.5) is 0 Å². The maximum absolute atomic E-state index is 9.71. The van der Waals surface area contributed by atoms with Crippen LogP contribution < -0.4 is 0 Å². The fourth-order valence-corrected chi connectivity index (χ4v) is 0.155. The molecule has 0 aromatic rings. The molecule has 0 aromatic heterocycles. The molecule has 0 aromatic carbocycles. The van der Waals surface area contributed by atoms with E-state index in [2.05, 4.69) is 11.3 Å². The standard InChI is InChI=1S/C4H6O3.C3H3NO2/c1-3(7-2)4(5)6;4-2-1-3(5)6/h1H2,2H3,(H,5,6);1H2,(H,5,6). The Labute approximate surface area is 74.7 Å². The summed E-state index contributed by atoms with van der Waals surface area (Å²) in [5.41, 5.74) is 0. The van der Waals surface area contributed by atoms with Crippen LogP contribution in [-0.4, -0.2) is 29.3 Å². The van der Waals surface area contributed by atoms with Crippen LogP contribution in [-0.2, 0) is 14.3 Å². The minimum Gasteiger partial charge on any atom is -0.490 e. The Hall–Kier alpha value is -2.03. The summed E-state index contributed by atoms with van der Waals surface area (Å²) in [4.78, 5) is 19.1. The first-order valence-corrected chi connectivity index (χ1v) is 3.00. The number of carbonyl (C=O) groups is 2. The van der Waals surface area contributed by atoms with Gasteiger partial charge in [-0.15, -0.1) is 0 Å². The van der Waals surface area contributed by atoms with Gasteiger partial charge in [0.15, 0.2) is 5.76 Å². The minimum absolute atomic E-state index is 0.236. The van der Waals surface area contributed by atoms with Crippen molar-refractivity contribution in [3.63, 3.8) is 0 Å². The van der Waals surface area contributed by atoms with E-state index in [9.17, 15) is 9.59 Å². The molecule has 0 fully saturated rings. The molecular formula is C7H9NO5. The Morgan fingerprint density at radius 1 is 1.54 bits per heavy atom. The smallest absolute Gasteiger partial charge is 0.370 e. The van der Waals surface area contributed by atoms with Crippen molar-refractivity contribution in [2.24, 2.45) is 0 Å². The average molecular weight is 187 g/mol. The highest BCUT2D eigenvalue weighted by Crippen LogP contribution is 1.86. The van der Waals surface area contributed by atoms with E-state index in [1.165, 1.54) is 13.2 Å². The van der Waals surface area contributed by atoms with Crippen LogP contribution in [0.5, 0.6) is 0 Å². The molecule has 0 heterocycles. The summed E-state index contributed by atoms with van der Waals surface area (Å²) >= 11 is 0. The van der Waals surface area contributed by atoms with E-state index in [-0.39, 0.29) is 5.76 Å². The molecule has 0 aliphatic rings. The van der Waals surface area contributed by atoms with Crippen LogP contribution >= 0.6 is 0 Å². The number of aliphatic carboxylic acids is 2. The monoisotopic (exact) mass is 187 g/mol. The lowest BCUT2D eigenvalue weighted by Crippen LogP contribution is -1.99. The van der Waals surface area contributed by atoms with E-state index < -0.39 is 18.4 Å². The number of hydrogen-bond acceptors (Lipinski definition) is 4. The number of nitrogens with zero attached hydrogens (tertiary/aromatic N) is 1. The van der Waals surface area contributed by atoms with Crippen molar-refractivity contribution < 1.29 is 24.5 Å². The molecule has 2 N–H and O–H groups in total. The zero-order valence-electron chi connectivity index (χ0n) is 6.98. The quantitative estimate of drug-likeness (QED) is 0.483. The molecule has 0 radical (unpaired) electrons. The summed E-state index contributed by atoms with van der Waals surface area (Å²) in [6.45, 7) is 3.05. The molecule has 0 aliphatic carbocycles. The summed E-state index contributed by atoms with van der Waals surface area (Å²) in [6.07, 6.45) is -0.403. The number of hydrogen-bond donors (Lipinski definition) is 2. The Morgan fingerprint density at radius 3 is 2.00 bits per heavy atom. The van der Waals surface area contributed by atoms with Gasteiger partial charge in [-0.25, -0.2) is 4.79 Å². The molecule has 0 bridgehead atoms. The maximum atomic E-state index is 9.71. The van der Waals surface area contributed by atoms with Crippen LogP contribution in [0.15, 0.2) is 12.3 Å². The first-order valence-electron chi connectivity index (χ1n) is 3.00. The molecule has 6 nitrogen and oxygen atoms in total. The van der Waals surface area contributed by atoms with Gasteiger partial charge in [-0.2, -0.15) is 5.26 Å². The van der Waals surface area contributed by atoms with Crippen molar-refractivity contribution in [3.8, 4) is 6.07 Å². The second kappa shape index (κ2) is 8.07. The SMILES string of the molecule is C=C(OC)C(=O)O.N#CCC(=O)O. The summed E-state index contributed by atoms with van der Waals surface area (Å²) in [5.74, 6) is -2.43. The molecule has 0 spiro atoms. The van der Waals surface area contributed by atoms with Crippen LogP contribution in [0, 0.1) is 11.3 Å². The zero-order valence-corrected chi connectivity index (χ0v) is 6.98. The third-order valence-corrected chi connectivity index (χ3v) is 0.715. The first-order chi connectivity index (χ1) is 5.95. The lowest BCUT2D eigenvalue weighted by atomic mass is 10.5. The number of rotatable bonds is 3. The van der Waals surface area contributed by atoms with Gasteiger partial charge in [0, 0.05) is 0 Å². The van der Waals surface area contributed by atoms with Crippen molar-refractivity contribution in [2.45, 2.75) is 6.42 Å². The fourth-order valence-electron chi connectivity index (χ4n) is 0.155. The first kappa shape index (κ1) is 13.6. The zero-order chi connectivity index (χ0) is 10.9. The highest BCUT2D eigenvalue weighted by atomic mass is 16.5. The second-order valence-corrected chi connectivity index (χ2v) is 1.66.